The molecule has 0 spiro atoms. The van der Waals surface area contributed by atoms with E-state index in [0.29, 0.717) is 37.3 Å². The predicted molar refractivity (Wildman–Crippen MR) is 71.5 cm³/mol. The molecule has 0 fully saturated rings. The van der Waals surface area contributed by atoms with Crippen LogP contribution in [0.1, 0.15) is 23.3 Å². The Morgan fingerprint density at radius 1 is 0.870 bits per heavy atom. The summed E-state index contributed by atoms with van der Waals surface area (Å²) in [6.45, 7) is 0.401. The maximum atomic E-state index is 12.8. The highest BCUT2D eigenvalue weighted by Crippen LogP contribution is 2.38. The summed E-state index contributed by atoms with van der Waals surface area (Å²) in [5, 5.41) is 0. The fourth-order valence-electron chi connectivity index (χ4n) is 2.04. The van der Waals surface area contributed by atoms with Crippen LogP contribution in [0.4, 0.5) is 26.3 Å². The minimum Gasteiger partial charge on any atom is -0.461 e. The van der Waals surface area contributed by atoms with Crippen molar-refractivity contribution in [2.45, 2.75) is 25.2 Å². The number of furan rings is 1. The van der Waals surface area contributed by atoms with Crippen molar-refractivity contribution in [3.05, 3.63) is 47.2 Å². The van der Waals surface area contributed by atoms with E-state index in [9.17, 15) is 26.3 Å². The van der Waals surface area contributed by atoms with Gasteiger partial charge in [0.05, 0.1) is 11.1 Å². The molecule has 0 aliphatic rings. The molecule has 23 heavy (non-hydrogen) atoms. The standard InChI is InChI=1S/C15H13F6NO/c16-14(17,18)10-6-9(7-11(8-10)15(19,20)21)13-4-3-12(23-13)2-1-5-22/h3-4,6-8H,1-2,5,22H2. The fraction of sp³-hybridized carbons (Fsp3) is 0.333. The molecule has 0 radical (unpaired) electrons. The second-order valence-electron chi connectivity index (χ2n) is 4.95. The van der Waals surface area contributed by atoms with Gasteiger partial charge in [0.25, 0.3) is 0 Å². The number of nitrogens with two attached hydrogens (primary N) is 1. The second-order valence-corrected chi connectivity index (χ2v) is 4.95. The van der Waals surface area contributed by atoms with Crippen molar-refractivity contribution < 1.29 is 30.8 Å². The zero-order valence-corrected chi connectivity index (χ0v) is 11.8. The van der Waals surface area contributed by atoms with Crippen LogP contribution in [0.5, 0.6) is 0 Å². The van der Waals surface area contributed by atoms with Gasteiger partial charge in [-0.05, 0) is 43.3 Å². The van der Waals surface area contributed by atoms with E-state index < -0.39 is 23.5 Å². The van der Waals surface area contributed by atoms with E-state index in [0.717, 1.165) is 0 Å². The summed E-state index contributed by atoms with van der Waals surface area (Å²) in [4.78, 5) is 0. The number of rotatable bonds is 4. The fourth-order valence-corrected chi connectivity index (χ4v) is 2.04. The van der Waals surface area contributed by atoms with Crippen LogP contribution in [0, 0.1) is 0 Å². The zero-order valence-electron chi connectivity index (χ0n) is 11.8. The summed E-state index contributed by atoms with van der Waals surface area (Å²) in [6.07, 6.45) is -8.71. The van der Waals surface area contributed by atoms with Crippen LogP contribution in [-0.4, -0.2) is 6.54 Å². The number of aryl methyl sites for hydroxylation is 1. The quantitative estimate of drug-likeness (QED) is 0.808. The Hall–Kier alpha value is -1.96. The SMILES string of the molecule is NCCCc1ccc(-c2cc(C(F)(F)F)cc(C(F)(F)F)c2)o1. The molecule has 0 saturated heterocycles. The third kappa shape index (κ3) is 4.28. The molecule has 0 bridgehead atoms. The first-order valence-electron chi connectivity index (χ1n) is 6.70. The zero-order chi connectivity index (χ0) is 17.3. The Morgan fingerprint density at radius 3 is 1.91 bits per heavy atom. The smallest absolute Gasteiger partial charge is 0.416 e. The summed E-state index contributed by atoms with van der Waals surface area (Å²) in [5.41, 5.74) is 2.32. The van der Waals surface area contributed by atoms with Gasteiger partial charge in [0.15, 0.2) is 0 Å². The van der Waals surface area contributed by atoms with Gasteiger partial charge in [-0.2, -0.15) is 26.3 Å². The molecule has 0 atom stereocenters. The van der Waals surface area contributed by atoms with Crippen molar-refractivity contribution >= 4 is 0 Å². The molecule has 126 valence electrons. The highest BCUT2D eigenvalue weighted by molar-refractivity contribution is 5.61. The minimum absolute atomic E-state index is 0.0476. The molecule has 1 aromatic carbocycles. The van der Waals surface area contributed by atoms with Gasteiger partial charge in [-0.1, -0.05) is 0 Å². The molecule has 0 saturated carbocycles. The van der Waals surface area contributed by atoms with E-state index in [4.69, 9.17) is 10.2 Å². The predicted octanol–water partition coefficient (Wildman–Crippen LogP) is 4.88. The monoisotopic (exact) mass is 337 g/mol. The number of alkyl halides is 6. The first-order valence-corrected chi connectivity index (χ1v) is 6.70. The van der Waals surface area contributed by atoms with Crippen molar-refractivity contribution in [3.8, 4) is 11.3 Å². The average Bonchev–Trinajstić information content (AvgIpc) is 2.91. The Kier molecular flexibility index (Phi) is 4.74. The summed E-state index contributed by atoms with van der Waals surface area (Å²) >= 11 is 0. The van der Waals surface area contributed by atoms with E-state index >= 15 is 0 Å². The molecule has 8 heteroatoms. The van der Waals surface area contributed by atoms with Crippen molar-refractivity contribution in [2.24, 2.45) is 5.73 Å². The van der Waals surface area contributed by atoms with E-state index in [-0.39, 0.29) is 17.4 Å². The van der Waals surface area contributed by atoms with E-state index in [1.54, 1.807) is 0 Å². The lowest BCUT2D eigenvalue weighted by atomic mass is 10.0. The van der Waals surface area contributed by atoms with Crippen LogP contribution in [0.2, 0.25) is 0 Å². The maximum Gasteiger partial charge on any atom is 0.416 e. The van der Waals surface area contributed by atoms with Crippen LogP contribution < -0.4 is 5.73 Å². The molecule has 0 amide bonds. The van der Waals surface area contributed by atoms with E-state index in [1.165, 1.54) is 12.1 Å². The number of benzene rings is 1. The highest BCUT2D eigenvalue weighted by atomic mass is 19.4. The van der Waals surface area contributed by atoms with Crippen LogP contribution in [0.25, 0.3) is 11.3 Å². The molecule has 0 aliphatic carbocycles. The normalized spacial score (nSPS) is 12.7. The molecule has 0 unspecified atom stereocenters. The Morgan fingerprint density at radius 2 is 1.43 bits per heavy atom. The first-order chi connectivity index (χ1) is 10.6. The van der Waals surface area contributed by atoms with Gasteiger partial charge in [0.2, 0.25) is 0 Å². The summed E-state index contributed by atoms with van der Waals surface area (Å²) in [6, 6.07) is 4.23. The van der Waals surface area contributed by atoms with Crippen molar-refractivity contribution in [3.63, 3.8) is 0 Å². The molecular weight excluding hydrogens is 324 g/mol. The highest BCUT2D eigenvalue weighted by Gasteiger charge is 2.37. The van der Waals surface area contributed by atoms with Gasteiger partial charge in [-0.3, -0.25) is 0 Å². The lowest BCUT2D eigenvalue weighted by molar-refractivity contribution is -0.143. The lowest BCUT2D eigenvalue weighted by Crippen LogP contribution is -2.11. The summed E-state index contributed by atoms with van der Waals surface area (Å²) < 4.78 is 82.2. The second kappa shape index (κ2) is 6.27. The number of hydrogen-bond acceptors (Lipinski definition) is 2. The van der Waals surface area contributed by atoms with Crippen molar-refractivity contribution in [1.29, 1.82) is 0 Å². The first kappa shape index (κ1) is 17.4. The van der Waals surface area contributed by atoms with Gasteiger partial charge < -0.3 is 10.2 Å². The molecular formula is C15H13F6NO. The number of halogens is 6. The van der Waals surface area contributed by atoms with Gasteiger partial charge >= 0.3 is 12.4 Å². The molecule has 1 aromatic heterocycles. The largest absolute Gasteiger partial charge is 0.461 e. The van der Waals surface area contributed by atoms with Gasteiger partial charge in [0.1, 0.15) is 11.5 Å². The lowest BCUT2D eigenvalue weighted by Gasteiger charge is -2.13. The van der Waals surface area contributed by atoms with Crippen LogP contribution >= 0.6 is 0 Å². The molecule has 2 aromatic rings. The molecule has 2 nitrogen and oxygen atoms in total. The topological polar surface area (TPSA) is 39.2 Å². The van der Waals surface area contributed by atoms with Crippen LogP contribution in [-0.2, 0) is 18.8 Å². The van der Waals surface area contributed by atoms with Gasteiger partial charge in [0, 0.05) is 12.0 Å². The Bertz CT molecular complexity index is 639. The molecule has 1 heterocycles. The Balaban J connectivity index is 2.47. The molecule has 2 rings (SSSR count). The molecule has 2 N–H and O–H groups in total. The van der Waals surface area contributed by atoms with Crippen LogP contribution in [0.3, 0.4) is 0 Å². The summed E-state index contributed by atoms with van der Waals surface area (Å²) in [5.74, 6) is 0.407. The van der Waals surface area contributed by atoms with Crippen LogP contribution in [0.15, 0.2) is 34.7 Å². The van der Waals surface area contributed by atoms with Gasteiger partial charge in [-0.15, -0.1) is 0 Å². The Labute approximate surface area is 127 Å². The van der Waals surface area contributed by atoms with Crippen molar-refractivity contribution in [1.82, 2.24) is 0 Å². The molecule has 0 aliphatic heterocycles. The number of hydrogen-bond donors (Lipinski definition) is 1. The van der Waals surface area contributed by atoms with Gasteiger partial charge in [-0.25, -0.2) is 0 Å². The summed E-state index contributed by atoms with van der Waals surface area (Å²) in [7, 11) is 0. The maximum absolute atomic E-state index is 12.8. The average molecular weight is 337 g/mol. The van der Waals surface area contributed by atoms with Crippen molar-refractivity contribution in [2.75, 3.05) is 6.54 Å². The van der Waals surface area contributed by atoms with E-state index in [2.05, 4.69) is 0 Å². The third-order valence-electron chi connectivity index (χ3n) is 3.16. The van der Waals surface area contributed by atoms with E-state index in [1.807, 2.05) is 0 Å². The third-order valence-corrected chi connectivity index (χ3v) is 3.16. The minimum atomic E-state index is -4.88.